The zero-order chi connectivity index (χ0) is 17.6. The van der Waals surface area contributed by atoms with Gasteiger partial charge in [0.05, 0.1) is 26.2 Å². The lowest BCUT2D eigenvalue weighted by Crippen LogP contribution is -2.42. The van der Waals surface area contributed by atoms with Crippen molar-refractivity contribution < 1.29 is 23.2 Å². The molecule has 0 heterocycles. The Balaban J connectivity index is 3.02. The van der Waals surface area contributed by atoms with Gasteiger partial charge in [-0.05, 0) is 45.4 Å². The van der Waals surface area contributed by atoms with Gasteiger partial charge in [-0.1, -0.05) is 6.07 Å². The number of hydrogen-bond donors (Lipinski definition) is 1. The van der Waals surface area contributed by atoms with Gasteiger partial charge >= 0.3 is 5.97 Å². The number of carbonyl (C=O) groups is 1. The van der Waals surface area contributed by atoms with E-state index in [1.165, 1.54) is 19.2 Å². The molecule has 0 aliphatic heterocycles. The highest BCUT2D eigenvalue weighted by atomic mass is 32.2. The van der Waals surface area contributed by atoms with Crippen LogP contribution >= 0.6 is 0 Å². The summed E-state index contributed by atoms with van der Waals surface area (Å²) in [6, 6.07) is 3.77. The molecule has 0 aliphatic carbocycles. The summed E-state index contributed by atoms with van der Waals surface area (Å²) in [5, 5.41) is 0. The maximum atomic E-state index is 13.9. The van der Waals surface area contributed by atoms with Crippen LogP contribution in [0.3, 0.4) is 0 Å². The third kappa shape index (κ3) is 6.01. The molecule has 0 unspecified atom stereocenters. The number of carbonyl (C=O) groups excluding carboxylic acids is 1. The lowest BCUT2D eigenvalue weighted by molar-refractivity contribution is -0.143. The van der Waals surface area contributed by atoms with Crippen molar-refractivity contribution >= 4 is 17.3 Å². The first-order chi connectivity index (χ1) is 10.7. The van der Waals surface area contributed by atoms with Crippen LogP contribution in [0.25, 0.3) is 0 Å². The van der Waals surface area contributed by atoms with Gasteiger partial charge in [0.25, 0.3) is 0 Å². The number of esters is 1. The van der Waals surface area contributed by atoms with E-state index in [4.69, 9.17) is 9.47 Å². The molecule has 0 aliphatic rings. The van der Waals surface area contributed by atoms with Crippen molar-refractivity contribution in [1.29, 1.82) is 0 Å². The van der Waals surface area contributed by atoms with E-state index in [9.17, 15) is 13.7 Å². The van der Waals surface area contributed by atoms with Gasteiger partial charge in [0.2, 0.25) is 0 Å². The summed E-state index contributed by atoms with van der Waals surface area (Å²) in [4.78, 5) is 11.8. The molecule has 0 radical (unpaired) electrons. The normalized spacial score (nSPS) is 14.2. The van der Waals surface area contributed by atoms with Crippen molar-refractivity contribution in [2.45, 2.75) is 44.9 Å². The van der Waals surface area contributed by atoms with Gasteiger partial charge in [0.15, 0.2) is 11.6 Å². The molecule has 1 aromatic carbocycles. The van der Waals surface area contributed by atoms with Crippen LogP contribution in [0.4, 0.5) is 4.39 Å². The largest absolute Gasteiger partial charge is 0.598 e. The highest BCUT2D eigenvalue weighted by Crippen LogP contribution is 2.26. The maximum Gasteiger partial charge on any atom is 0.307 e. The third-order valence-corrected chi connectivity index (χ3v) is 4.67. The zero-order valence-corrected chi connectivity index (χ0v) is 15.0. The molecule has 1 aromatic rings. The van der Waals surface area contributed by atoms with E-state index in [0.717, 1.165) is 0 Å². The number of nitrogens with one attached hydrogen (secondary N) is 1. The predicted molar refractivity (Wildman–Crippen MR) is 88.0 cm³/mol. The van der Waals surface area contributed by atoms with Crippen LogP contribution in [0.15, 0.2) is 18.2 Å². The summed E-state index contributed by atoms with van der Waals surface area (Å²) in [5.74, 6) is -0.866. The lowest BCUT2D eigenvalue weighted by atomic mass is 10.0. The molecule has 0 fully saturated rings. The topological polar surface area (TPSA) is 70.6 Å². The van der Waals surface area contributed by atoms with E-state index in [2.05, 4.69) is 4.72 Å². The molecule has 0 aromatic heterocycles. The Labute approximate surface area is 139 Å². The fourth-order valence-corrected chi connectivity index (χ4v) is 2.65. The SMILES string of the molecule is CCOC(=O)C[C@H](N[S@+]([O-])C(C)(C)C)c1ccc(OC)c(F)c1. The van der Waals surface area contributed by atoms with Gasteiger partial charge < -0.3 is 14.0 Å². The monoisotopic (exact) mass is 345 g/mol. The fraction of sp³-hybridized carbons (Fsp3) is 0.562. The van der Waals surface area contributed by atoms with E-state index >= 15 is 0 Å². The van der Waals surface area contributed by atoms with E-state index in [0.29, 0.717) is 5.56 Å². The molecule has 1 rings (SSSR count). The molecule has 1 N–H and O–H groups in total. The molecule has 0 saturated heterocycles. The second-order valence-electron chi connectivity index (χ2n) is 5.95. The number of benzene rings is 1. The molecule has 0 spiro atoms. The van der Waals surface area contributed by atoms with Crippen LogP contribution < -0.4 is 9.46 Å². The lowest BCUT2D eigenvalue weighted by Gasteiger charge is -2.28. The highest BCUT2D eigenvalue weighted by Gasteiger charge is 2.31. The minimum atomic E-state index is -1.41. The number of hydrogen-bond acceptors (Lipinski definition) is 5. The maximum absolute atomic E-state index is 13.9. The van der Waals surface area contributed by atoms with Gasteiger partial charge in [0, 0.05) is 11.4 Å². The molecule has 0 saturated carbocycles. The smallest absolute Gasteiger partial charge is 0.307 e. The molecule has 2 atom stereocenters. The van der Waals surface area contributed by atoms with Crippen LogP contribution in [0, 0.1) is 5.82 Å². The van der Waals surface area contributed by atoms with E-state index in [-0.39, 0.29) is 18.8 Å². The molecule has 7 heteroatoms. The van der Waals surface area contributed by atoms with Gasteiger partial charge in [0.1, 0.15) is 4.75 Å². The first-order valence-electron chi connectivity index (χ1n) is 7.36. The summed E-state index contributed by atoms with van der Waals surface area (Å²) in [7, 11) is 1.38. The average Bonchev–Trinajstić information content (AvgIpc) is 2.45. The Morgan fingerprint density at radius 3 is 2.57 bits per heavy atom. The van der Waals surface area contributed by atoms with Crippen LogP contribution in [0.2, 0.25) is 0 Å². The number of methoxy groups -OCH3 is 1. The Kier molecular flexibility index (Phi) is 7.31. The Morgan fingerprint density at radius 2 is 2.09 bits per heavy atom. The van der Waals surface area contributed by atoms with Crippen molar-refractivity contribution in [3.63, 3.8) is 0 Å². The van der Waals surface area contributed by atoms with Gasteiger partial charge in [-0.3, -0.25) is 4.79 Å². The van der Waals surface area contributed by atoms with Crippen LogP contribution in [-0.2, 0) is 20.9 Å². The number of rotatable bonds is 7. The fourth-order valence-electron chi connectivity index (χ4n) is 1.82. The second kappa shape index (κ2) is 8.52. The van der Waals surface area contributed by atoms with Crippen LogP contribution in [0.5, 0.6) is 5.75 Å². The van der Waals surface area contributed by atoms with E-state index < -0.39 is 33.9 Å². The molecule has 0 bridgehead atoms. The number of halogens is 1. The minimum absolute atomic E-state index is 0.0402. The second-order valence-corrected chi connectivity index (χ2v) is 7.95. The molecule has 23 heavy (non-hydrogen) atoms. The van der Waals surface area contributed by atoms with Crippen molar-refractivity contribution in [2.24, 2.45) is 0 Å². The minimum Gasteiger partial charge on any atom is -0.598 e. The Bertz CT molecular complexity index is 533. The van der Waals surface area contributed by atoms with E-state index in [1.54, 1.807) is 13.0 Å². The van der Waals surface area contributed by atoms with Gasteiger partial charge in [-0.15, -0.1) is 4.72 Å². The van der Waals surface area contributed by atoms with Crippen LogP contribution in [-0.4, -0.2) is 29.0 Å². The quantitative estimate of drug-likeness (QED) is 0.608. The van der Waals surface area contributed by atoms with Crippen molar-refractivity contribution in [1.82, 2.24) is 4.72 Å². The zero-order valence-electron chi connectivity index (χ0n) is 14.1. The van der Waals surface area contributed by atoms with Crippen LogP contribution in [0.1, 0.15) is 45.7 Å². The molecule has 130 valence electrons. The average molecular weight is 345 g/mol. The van der Waals surface area contributed by atoms with Crippen molar-refractivity contribution in [3.05, 3.63) is 29.6 Å². The summed E-state index contributed by atoms with van der Waals surface area (Å²) in [5.41, 5.74) is 0.508. The summed E-state index contributed by atoms with van der Waals surface area (Å²) < 4.78 is 38.5. The first kappa shape index (κ1) is 19.7. The number of ether oxygens (including phenoxy) is 2. The van der Waals surface area contributed by atoms with Gasteiger partial charge in [-0.25, -0.2) is 4.39 Å². The molecular weight excluding hydrogens is 321 g/mol. The predicted octanol–water partition coefficient (Wildman–Crippen LogP) is 2.88. The summed E-state index contributed by atoms with van der Waals surface area (Å²) >= 11 is -1.41. The summed E-state index contributed by atoms with van der Waals surface area (Å²) in [6.07, 6.45) is -0.0402. The highest BCUT2D eigenvalue weighted by molar-refractivity contribution is 7.90. The Morgan fingerprint density at radius 1 is 1.43 bits per heavy atom. The van der Waals surface area contributed by atoms with Gasteiger partial charge in [-0.2, -0.15) is 0 Å². The third-order valence-electron chi connectivity index (χ3n) is 3.06. The summed E-state index contributed by atoms with van der Waals surface area (Å²) in [6.45, 7) is 7.40. The van der Waals surface area contributed by atoms with E-state index in [1.807, 2.05) is 20.8 Å². The molecule has 0 amide bonds. The van der Waals surface area contributed by atoms with Crippen molar-refractivity contribution in [2.75, 3.05) is 13.7 Å². The molecule has 5 nitrogen and oxygen atoms in total. The Hall–Kier alpha value is -1.31. The van der Waals surface area contributed by atoms with Crippen molar-refractivity contribution in [3.8, 4) is 5.75 Å². The molecular formula is C16H24FNO4S. The standard InChI is InChI=1S/C16H24FNO4S/c1-6-22-15(19)10-13(18-23(20)16(2,3)4)11-7-8-14(21-5)12(17)9-11/h7-9,13,18H,6,10H2,1-5H3/t13-,23+/m0/s1. The first-order valence-corrected chi connectivity index (χ1v) is 8.51.